The Balaban J connectivity index is 0.00000182. The first-order valence-corrected chi connectivity index (χ1v) is 8.88. The fourth-order valence-electron chi connectivity index (χ4n) is 4.13. The minimum Gasteiger partial charge on any atom is -0.482 e. The second-order valence-electron chi connectivity index (χ2n) is 7.24. The van der Waals surface area contributed by atoms with Crippen molar-refractivity contribution in [3.8, 4) is 5.75 Å². The molecule has 2 aromatic rings. The summed E-state index contributed by atoms with van der Waals surface area (Å²) in [6, 6.07) is 19.4. The molecular weight excluding hydrogens is 330 g/mol. The van der Waals surface area contributed by atoms with Crippen LogP contribution >= 0.6 is 12.4 Å². The highest BCUT2D eigenvalue weighted by Crippen LogP contribution is 2.54. The zero-order valence-corrected chi connectivity index (χ0v) is 15.8. The molecule has 4 rings (SSSR count). The van der Waals surface area contributed by atoms with Gasteiger partial charge in [-0.1, -0.05) is 60.2 Å². The molecule has 0 amide bonds. The first-order chi connectivity index (χ1) is 11.7. The molecule has 0 bridgehead atoms. The number of hydrogen-bond donors (Lipinski definition) is 0. The number of halogens is 1. The van der Waals surface area contributed by atoms with E-state index in [1.54, 1.807) is 0 Å². The minimum absolute atomic E-state index is 0. The summed E-state index contributed by atoms with van der Waals surface area (Å²) in [6.07, 6.45) is 3.37. The number of likely N-dealkylation sites (tertiary alicyclic amines) is 1. The molecule has 0 radical (unpaired) electrons. The second-order valence-corrected chi connectivity index (χ2v) is 7.24. The lowest BCUT2D eigenvalue weighted by atomic mass is 9.74. The largest absolute Gasteiger partial charge is 0.482 e. The number of benzene rings is 2. The van der Waals surface area contributed by atoms with Crippen molar-refractivity contribution in [1.82, 2.24) is 4.90 Å². The Kier molecular flexibility index (Phi) is 5.21. The van der Waals surface area contributed by atoms with Crippen molar-refractivity contribution in [1.29, 1.82) is 0 Å². The summed E-state index contributed by atoms with van der Waals surface area (Å²) in [7, 11) is 0. The van der Waals surface area contributed by atoms with Gasteiger partial charge in [-0.2, -0.15) is 0 Å². The van der Waals surface area contributed by atoms with Crippen LogP contribution in [0.15, 0.2) is 66.2 Å². The molecule has 0 spiro atoms. The maximum atomic E-state index is 6.62. The molecule has 0 N–H and O–H groups in total. The van der Waals surface area contributed by atoms with Crippen molar-refractivity contribution in [2.45, 2.75) is 31.8 Å². The fourth-order valence-corrected chi connectivity index (χ4v) is 4.13. The topological polar surface area (TPSA) is 12.5 Å². The Morgan fingerprint density at radius 1 is 1.12 bits per heavy atom. The van der Waals surface area contributed by atoms with Crippen LogP contribution in [-0.4, -0.2) is 24.5 Å². The van der Waals surface area contributed by atoms with Crippen LogP contribution in [0.3, 0.4) is 0 Å². The Labute approximate surface area is 156 Å². The summed E-state index contributed by atoms with van der Waals surface area (Å²) in [6.45, 7) is 7.50. The van der Waals surface area contributed by atoms with Crippen molar-refractivity contribution in [3.05, 3.63) is 77.4 Å². The van der Waals surface area contributed by atoms with E-state index in [1.165, 1.54) is 16.7 Å². The average Bonchev–Trinajstić information content (AvgIpc) is 2.96. The third kappa shape index (κ3) is 3.21. The molecule has 3 heteroatoms. The van der Waals surface area contributed by atoms with E-state index in [4.69, 9.17) is 4.74 Å². The first-order valence-electron chi connectivity index (χ1n) is 8.88. The molecule has 2 heterocycles. The summed E-state index contributed by atoms with van der Waals surface area (Å²) in [5.41, 5.74) is 3.86. The minimum atomic E-state index is -0.202. The molecule has 0 aromatic heterocycles. The van der Waals surface area contributed by atoms with E-state index < -0.39 is 0 Å². The quantitative estimate of drug-likeness (QED) is 0.706. The molecule has 2 atom stereocenters. The summed E-state index contributed by atoms with van der Waals surface area (Å²) >= 11 is 0. The van der Waals surface area contributed by atoms with Gasteiger partial charge in [0, 0.05) is 37.5 Å². The summed E-state index contributed by atoms with van der Waals surface area (Å²) in [5, 5.41) is 0. The van der Waals surface area contributed by atoms with Crippen molar-refractivity contribution in [3.63, 3.8) is 0 Å². The third-order valence-electron chi connectivity index (χ3n) is 5.41. The second kappa shape index (κ2) is 7.23. The lowest BCUT2D eigenvalue weighted by molar-refractivity contribution is 0.00300. The monoisotopic (exact) mass is 355 g/mol. The van der Waals surface area contributed by atoms with Gasteiger partial charge in [0.15, 0.2) is 0 Å². The molecule has 1 fully saturated rings. The Morgan fingerprint density at radius 3 is 2.60 bits per heavy atom. The Bertz CT molecular complexity index is 754. The number of rotatable bonds is 3. The number of nitrogens with zero attached hydrogens (tertiary/aromatic N) is 1. The first kappa shape index (κ1) is 18.0. The Hall–Kier alpha value is -1.77. The molecule has 25 heavy (non-hydrogen) atoms. The van der Waals surface area contributed by atoms with E-state index in [0.717, 1.165) is 31.8 Å². The van der Waals surface area contributed by atoms with Crippen LogP contribution < -0.4 is 4.74 Å². The van der Waals surface area contributed by atoms with Gasteiger partial charge in [0.1, 0.15) is 11.4 Å². The highest BCUT2D eigenvalue weighted by Gasteiger charge is 2.52. The van der Waals surface area contributed by atoms with Crippen LogP contribution in [0.2, 0.25) is 0 Å². The maximum absolute atomic E-state index is 6.62. The highest BCUT2D eigenvalue weighted by atomic mass is 35.5. The fraction of sp³-hybridized carbons (Fsp3) is 0.364. The van der Waals surface area contributed by atoms with Gasteiger partial charge >= 0.3 is 0 Å². The zero-order chi connectivity index (χ0) is 16.6. The van der Waals surface area contributed by atoms with Crippen LogP contribution in [0.25, 0.3) is 0 Å². The van der Waals surface area contributed by atoms with Gasteiger partial charge in [0.05, 0.1) is 0 Å². The number of hydrogen-bond acceptors (Lipinski definition) is 2. The normalized spacial score (nSPS) is 24.5. The van der Waals surface area contributed by atoms with E-state index in [0.29, 0.717) is 5.92 Å². The van der Waals surface area contributed by atoms with E-state index >= 15 is 0 Å². The van der Waals surface area contributed by atoms with Crippen LogP contribution in [0.5, 0.6) is 5.75 Å². The Morgan fingerprint density at radius 2 is 1.84 bits per heavy atom. The van der Waals surface area contributed by atoms with Gasteiger partial charge in [-0.15, -0.1) is 12.4 Å². The SMILES string of the molecule is CC(C)=CCN1CCC2(c3ccccc3)Oc3ccccc3C2C1.Cl. The van der Waals surface area contributed by atoms with Crippen LogP contribution in [-0.2, 0) is 5.60 Å². The summed E-state index contributed by atoms with van der Waals surface area (Å²) in [4.78, 5) is 2.56. The van der Waals surface area contributed by atoms with E-state index in [-0.39, 0.29) is 18.0 Å². The number of ether oxygens (including phenoxy) is 1. The lowest BCUT2D eigenvalue weighted by Crippen LogP contribution is -2.49. The molecule has 132 valence electrons. The molecule has 1 saturated heterocycles. The van der Waals surface area contributed by atoms with E-state index in [2.05, 4.69) is 79.4 Å². The van der Waals surface area contributed by atoms with Gasteiger partial charge < -0.3 is 4.74 Å². The van der Waals surface area contributed by atoms with Gasteiger partial charge in [-0.3, -0.25) is 4.90 Å². The molecule has 2 unspecified atom stereocenters. The predicted molar refractivity (Wildman–Crippen MR) is 106 cm³/mol. The highest BCUT2D eigenvalue weighted by molar-refractivity contribution is 5.85. The van der Waals surface area contributed by atoms with Crippen molar-refractivity contribution in [2.75, 3.05) is 19.6 Å². The maximum Gasteiger partial charge on any atom is 0.143 e. The standard InChI is InChI=1S/C22H25NO.ClH/c1-17(2)12-14-23-15-13-22(18-8-4-3-5-9-18)20(16-23)19-10-6-7-11-21(19)24-22;/h3-12,20H,13-16H2,1-2H3;1H. The van der Waals surface area contributed by atoms with Crippen molar-refractivity contribution < 1.29 is 4.74 Å². The average molecular weight is 356 g/mol. The summed E-state index contributed by atoms with van der Waals surface area (Å²) < 4.78 is 6.62. The molecule has 2 aromatic carbocycles. The number of piperidine rings is 1. The van der Waals surface area contributed by atoms with Gasteiger partial charge in [0.25, 0.3) is 0 Å². The van der Waals surface area contributed by atoms with Crippen molar-refractivity contribution >= 4 is 12.4 Å². The van der Waals surface area contributed by atoms with Gasteiger partial charge in [0.2, 0.25) is 0 Å². The zero-order valence-electron chi connectivity index (χ0n) is 14.9. The van der Waals surface area contributed by atoms with Gasteiger partial charge in [-0.05, 0) is 25.5 Å². The lowest BCUT2D eigenvalue weighted by Gasteiger charge is -2.43. The van der Waals surface area contributed by atoms with Crippen LogP contribution in [0, 0.1) is 0 Å². The molecule has 0 aliphatic carbocycles. The smallest absolute Gasteiger partial charge is 0.143 e. The number of para-hydroxylation sites is 1. The number of fused-ring (bicyclic) bond motifs is 3. The van der Waals surface area contributed by atoms with E-state index in [9.17, 15) is 0 Å². The summed E-state index contributed by atoms with van der Waals surface area (Å²) in [5.74, 6) is 1.46. The van der Waals surface area contributed by atoms with Crippen LogP contribution in [0.4, 0.5) is 0 Å². The predicted octanol–water partition coefficient (Wildman–Crippen LogP) is 5.15. The van der Waals surface area contributed by atoms with Crippen LogP contribution in [0.1, 0.15) is 37.3 Å². The molecular formula is C22H26ClNO. The molecule has 0 saturated carbocycles. The van der Waals surface area contributed by atoms with E-state index in [1.807, 2.05) is 0 Å². The molecule has 2 aliphatic heterocycles. The molecule has 2 aliphatic rings. The molecule has 2 nitrogen and oxygen atoms in total. The van der Waals surface area contributed by atoms with Crippen molar-refractivity contribution in [2.24, 2.45) is 0 Å². The third-order valence-corrected chi connectivity index (χ3v) is 5.41. The van der Waals surface area contributed by atoms with Gasteiger partial charge in [-0.25, -0.2) is 0 Å². The number of allylic oxidation sites excluding steroid dienone is 1.